The second kappa shape index (κ2) is 6.22. The molecule has 104 valence electrons. The number of aromatic nitrogens is 2. The molecule has 0 N–H and O–H groups in total. The van der Waals surface area contributed by atoms with E-state index in [4.69, 9.17) is 0 Å². The lowest BCUT2D eigenvalue weighted by atomic mass is 10.0. The predicted octanol–water partition coefficient (Wildman–Crippen LogP) is 3.67. The molecule has 5 heteroatoms. The first-order chi connectivity index (χ1) is 9.51. The van der Waals surface area contributed by atoms with E-state index >= 15 is 0 Å². The summed E-state index contributed by atoms with van der Waals surface area (Å²) >= 11 is 3.28. The SMILES string of the molecule is CCc1nnc(C)cc1C(=O)Cc1cc(Br)ccc1F. The quantitative estimate of drug-likeness (QED) is 0.800. The van der Waals surface area contributed by atoms with Crippen molar-refractivity contribution in [2.24, 2.45) is 0 Å². The maximum Gasteiger partial charge on any atom is 0.169 e. The average Bonchev–Trinajstić information content (AvgIpc) is 2.42. The van der Waals surface area contributed by atoms with Crippen molar-refractivity contribution >= 4 is 21.7 Å². The fraction of sp³-hybridized carbons (Fsp3) is 0.267. The van der Waals surface area contributed by atoms with Crippen LogP contribution in [0, 0.1) is 12.7 Å². The van der Waals surface area contributed by atoms with Crippen molar-refractivity contribution in [1.82, 2.24) is 10.2 Å². The Kier molecular flexibility index (Phi) is 4.60. The molecule has 0 amide bonds. The van der Waals surface area contributed by atoms with Gasteiger partial charge in [-0.05, 0) is 43.2 Å². The zero-order valence-electron chi connectivity index (χ0n) is 11.3. The molecule has 0 saturated heterocycles. The van der Waals surface area contributed by atoms with Crippen LogP contribution in [0.25, 0.3) is 0 Å². The third-order valence-corrected chi connectivity index (χ3v) is 3.48. The molecule has 0 aliphatic carbocycles. The van der Waals surface area contributed by atoms with Gasteiger partial charge in [0, 0.05) is 16.5 Å². The third kappa shape index (κ3) is 3.28. The van der Waals surface area contributed by atoms with E-state index in [-0.39, 0.29) is 18.0 Å². The van der Waals surface area contributed by atoms with Crippen LogP contribution in [0.4, 0.5) is 4.39 Å². The highest BCUT2D eigenvalue weighted by atomic mass is 79.9. The summed E-state index contributed by atoms with van der Waals surface area (Å²) in [6.45, 7) is 3.69. The zero-order chi connectivity index (χ0) is 14.7. The Balaban J connectivity index is 2.32. The Morgan fingerprint density at radius 1 is 1.30 bits per heavy atom. The van der Waals surface area contributed by atoms with Crippen molar-refractivity contribution in [3.05, 3.63) is 57.1 Å². The highest BCUT2D eigenvalue weighted by Gasteiger charge is 2.15. The van der Waals surface area contributed by atoms with Gasteiger partial charge >= 0.3 is 0 Å². The average molecular weight is 337 g/mol. The van der Waals surface area contributed by atoms with Crippen molar-refractivity contribution in [3.8, 4) is 0 Å². The van der Waals surface area contributed by atoms with Crippen LogP contribution in [0.15, 0.2) is 28.7 Å². The zero-order valence-corrected chi connectivity index (χ0v) is 12.9. The van der Waals surface area contributed by atoms with Crippen molar-refractivity contribution in [2.45, 2.75) is 26.7 Å². The Labute approximate surface area is 125 Å². The fourth-order valence-electron chi connectivity index (χ4n) is 1.96. The molecule has 0 aliphatic rings. The van der Waals surface area contributed by atoms with Gasteiger partial charge in [-0.1, -0.05) is 22.9 Å². The number of carbonyl (C=O) groups is 1. The lowest BCUT2D eigenvalue weighted by molar-refractivity contribution is 0.0990. The number of carbonyl (C=O) groups excluding carboxylic acids is 1. The number of nitrogens with zero attached hydrogens (tertiary/aromatic N) is 2. The number of aryl methyl sites for hydroxylation is 2. The maximum atomic E-state index is 13.7. The number of hydrogen-bond donors (Lipinski definition) is 0. The lowest BCUT2D eigenvalue weighted by Gasteiger charge is -2.07. The van der Waals surface area contributed by atoms with E-state index in [1.807, 2.05) is 6.92 Å². The van der Waals surface area contributed by atoms with Gasteiger partial charge in [-0.2, -0.15) is 10.2 Å². The van der Waals surface area contributed by atoms with Crippen molar-refractivity contribution in [3.63, 3.8) is 0 Å². The Bertz CT molecular complexity index is 658. The first kappa shape index (κ1) is 14.8. The summed E-state index contributed by atoms with van der Waals surface area (Å²) in [6, 6.07) is 6.30. The molecule has 2 aromatic rings. The monoisotopic (exact) mass is 336 g/mol. The minimum atomic E-state index is -0.377. The van der Waals surface area contributed by atoms with Crippen molar-refractivity contribution in [2.75, 3.05) is 0 Å². The van der Waals surface area contributed by atoms with Crippen LogP contribution in [-0.2, 0) is 12.8 Å². The number of benzene rings is 1. The third-order valence-electron chi connectivity index (χ3n) is 2.99. The molecule has 0 unspecified atom stereocenters. The van der Waals surface area contributed by atoms with E-state index in [9.17, 15) is 9.18 Å². The maximum absolute atomic E-state index is 13.7. The van der Waals surface area contributed by atoms with Gasteiger partial charge in [0.05, 0.1) is 11.4 Å². The highest BCUT2D eigenvalue weighted by molar-refractivity contribution is 9.10. The Morgan fingerprint density at radius 3 is 2.75 bits per heavy atom. The summed E-state index contributed by atoms with van der Waals surface area (Å²) in [4.78, 5) is 12.4. The van der Waals surface area contributed by atoms with E-state index in [2.05, 4.69) is 26.1 Å². The summed E-state index contributed by atoms with van der Waals surface area (Å²) in [5, 5.41) is 7.97. The molecule has 3 nitrogen and oxygen atoms in total. The van der Waals surface area contributed by atoms with Gasteiger partial charge in [-0.25, -0.2) is 4.39 Å². The molecule has 0 atom stereocenters. The standard InChI is InChI=1S/C15H14BrFN2O/c1-3-14-12(6-9(2)18-19-14)15(20)8-10-7-11(16)4-5-13(10)17/h4-7H,3,8H2,1-2H3. The summed E-state index contributed by atoms with van der Waals surface area (Å²) in [7, 11) is 0. The molecule has 0 radical (unpaired) electrons. The van der Waals surface area contributed by atoms with Gasteiger partial charge in [-0.15, -0.1) is 0 Å². The first-order valence-corrected chi connectivity index (χ1v) is 7.11. The van der Waals surface area contributed by atoms with E-state index in [0.717, 1.165) is 4.47 Å². The van der Waals surface area contributed by atoms with Gasteiger partial charge in [0.2, 0.25) is 0 Å². The Morgan fingerprint density at radius 2 is 2.05 bits per heavy atom. The predicted molar refractivity (Wildman–Crippen MR) is 78.3 cm³/mol. The molecule has 0 bridgehead atoms. The van der Waals surface area contributed by atoms with Crippen LogP contribution in [0.5, 0.6) is 0 Å². The molecular formula is C15H14BrFN2O. The topological polar surface area (TPSA) is 42.9 Å². The largest absolute Gasteiger partial charge is 0.294 e. The molecule has 0 spiro atoms. The summed E-state index contributed by atoms with van der Waals surface area (Å²) in [6.07, 6.45) is 0.638. The van der Waals surface area contributed by atoms with Gasteiger partial charge in [0.15, 0.2) is 5.78 Å². The molecule has 1 aromatic carbocycles. The van der Waals surface area contributed by atoms with Gasteiger partial charge in [0.25, 0.3) is 0 Å². The second-order valence-corrected chi connectivity index (χ2v) is 5.45. The van der Waals surface area contributed by atoms with Crippen LogP contribution >= 0.6 is 15.9 Å². The van der Waals surface area contributed by atoms with Gasteiger partial charge < -0.3 is 0 Å². The number of ketones is 1. The van der Waals surface area contributed by atoms with Gasteiger partial charge in [0.1, 0.15) is 5.82 Å². The van der Waals surface area contributed by atoms with Crippen LogP contribution in [0.2, 0.25) is 0 Å². The first-order valence-electron chi connectivity index (χ1n) is 6.31. The van der Waals surface area contributed by atoms with Gasteiger partial charge in [-0.3, -0.25) is 4.79 Å². The summed E-state index contributed by atoms with van der Waals surface area (Å²) in [5.41, 5.74) is 2.23. The normalized spacial score (nSPS) is 10.6. The van der Waals surface area contributed by atoms with Crippen LogP contribution < -0.4 is 0 Å². The van der Waals surface area contributed by atoms with Crippen molar-refractivity contribution in [1.29, 1.82) is 0 Å². The van der Waals surface area contributed by atoms with E-state index in [1.165, 1.54) is 6.07 Å². The van der Waals surface area contributed by atoms with E-state index in [1.54, 1.807) is 25.1 Å². The molecule has 1 aromatic heterocycles. The van der Waals surface area contributed by atoms with Crippen molar-refractivity contribution < 1.29 is 9.18 Å². The molecule has 2 rings (SSSR count). The minimum absolute atomic E-state index is 0.0173. The second-order valence-electron chi connectivity index (χ2n) is 4.54. The number of rotatable bonds is 4. The van der Waals surface area contributed by atoms with E-state index in [0.29, 0.717) is 28.9 Å². The molecule has 0 aliphatic heterocycles. The smallest absolute Gasteiger partial charge is 0.169 e. The van der Waals surface area contributed by atoms with Crippen LogP contribution in [0.3, 0.4) is 0 Å². The lowest BCUT2D eigenvalue weighted by Crippen LogP contribution is -2.11. The van der Waals surface area contributed by atoms with Crippen LogP contribution in [0.1, 0.15) is 34.2 Å². The fourth-order valence-corrected chi connectivity index (χ4v) is 2.37. The van der Waals surface area contributed by atoms with Crippen LogP contribution in [-0.4, -0.2) is 16.0 Å². The molecule has 0 fully saturated rings. The molecule has 20 heavy (non-hydrogen) atoms. The summed E-state index contributed by atoms with van der Waals surface area (Å²) in [5.74, 6) is -0.518. The number of hydrogen-bond acceptors (Lipinski definition) is 3. The molecular weight excluding hydrogens is 323 g/mol. The minimum Gasteiger partial charge on any atom is -0.294 e. The van der Waals surface area contributed by atoms with E-state index < -0.39 is 0 Å². The number of Topliss-reactive ketones (excluding diaryl/α,β-unsaturated/α-hetero) is 1. The molecule has 0 saturated carbocycles. The highest BCUT2D eigenvalue weighted by Crippen LogP contribution is 2.18. The Hall–Kier alpha value is -1.62. The molecule has 1 heterocycles. The number of halogens is 2. The summed E-state index contributed by atoms with van der Waals surface area (Å²) < 4.78 is 14.5.